The van der Waals surface area contributed by atoms with Gasteiger partial charge in [0.05, 0.1) is 25.2 Å². The maximum atomic E-state index is 11.0. The van der Waals surface area contributed by atoms with E-state index in [0.29, 0.717) is 44.5 Å². The third kappa shape index (κ3) is 16.5. The molecular formula is C37H66N10O13. The Balaban J connectivity index is 0.000000350. The van der Waals surface area contributed by atoms with Crippen molar-refractivity contribution in [2.75, 3.05) is 94.8 Å². The van der Waals surface area contributed by atoms with E-state index < -0.39 is 12.2 Å². The van der Waals surface area contributed by atoms with Gasteiger partial charge in [-0.2, -0.15) is 0 Å². The number of carbonyl (C=O) groups is 9. The second-order valence-electron chi connectivity index (χ2n) is 15.2. The summed E-state index contributed by atoms with van der Waals surface area (Å²) in [7, 11) is 10.7. The molecule has 7 aliphatic heterocycles. The SMILES string of the molecule is CC(=O)N1C(=O)OCC1C.CC(=O)N1CCOC1=O.CC1CN(C)C(=O)N1.CC1CN(C)C(=O)N1C.CC1CN(C)C(=O)O1.CC1CNC(=O)N1C.CC1COC(=O)N1C. The summed E-state index contributed by atoms with van der Waals surface area (Å²) in [6.07, 6.45) is -1.40. The number of cyclic esters (lactones) is 4. The van der Waals surface area contributed by atoms with E-state index in [0.717, 1.165) is 36.0 Å². The standard InChI is InChI=1S/C6H12N2O.C6H9NO3.2C5H10N2O.C5H7NO3.2C5H9NO2/c1-5-4-7(2)6(9)8(5)3;1-4-3-10-6(9)7(4)5(2)8;1-4-3-7(2)5(8)6-4;1-4-3-6-5(8)7(4)2;1-4(7)6-2-3-9-5(6)8;1-4-3-8-5(7)6(4)2;1-4-3-6(2)5(7)8-4/h5H,4H2,1-3H3;4H,3H2,1-2H3;2*4H,3H2,1-2H3,(H,6,8);2-3H2,1H3;2*4H,3H2,1-2H3. The number of hydrogen-bond acceptors (Lipinski definition) is 13. The molecule has 0 spiro atoms. The zero-order chi connectivity index (χ0) is 46.2. The Hall–Kier alpha value is -5.77. The summed E-state index contributed by atoms with van der Waals surface area (Å²) in [5.41, 5.74) is 0. The number of likely N-dealkylation sites (N-methyl/N-ethyl adjacent to an activating group) is 6. The Morgan fingerprint density at radius 1 is 0.567 bits per heavy atom. The van der Waals surface area contributed by atoms with Crippen LogP contribution in [0.15, 0.2) is 0 Å². The van der Waals surface area contributed by atoms with Gasteiger partial charge in [0.25, 0.3) is 0 Å². The molecular weight excluding hydrogens is 792 g/mol. The highest BCUT2D eigenvalue weighted by Crippen LogP contribution is 2.12. The molecule has 7 rings (SSSR count). The molecule has 0 bridgehead atoms. The fraction of sp³-hybridized carbons (Fsp3) is 0.757. The van der Waals surface area contributed by atoms with E-state index in [1.54, 1.807) is 64.5 Å². The van der Waals surface area contributed by atoms with Crippen LogP contribution in [0, 0.1) is 0 Å². The molecule has 7 saturated heterocycles. The quantitative estimate of drug-likeness (QED) is 0.330. The van der Waals surface area contributed by atoms with Gasteiger partial charge in [-0.25, -0.2) is 43.4 Å². The molecule has 7 fully saturated rings. The minimum Gasteiger partial charge on any atom is -0.447 e. The number of ether oxygens (including phenoxy) is 4. The van der Waals surface area contributed by atoms with E-state index in [2.05, 4.69) is 24.8 Å². The van der Waals surface area contributed by atoms with Gasteiger partial charge >= 0.3 is 42.5 Å². The summed E-state index contributed by atoms with van der Waals surface area (Å²) in [4.78, 5) is 108. The lowest BCUT2D eigenvalue weighted by molar-refractivity contribution is -0.127. The number of nitrogens with zero attached hydrogens (tertiary/aromatic N) is 8. The highest BCUT2D eigenvalue weighted by molar-refractivity contribution is 5.92. The molecule has 7 heterocycles. The second-order valence-corrected chi connectivity index (χ2v) is 15.2. The number of imide groups is 2. The topological polar surface area (TPSA) is 241 Å². The van der Waals surface area contributed by atoms with E-state index >= 15 is 0 Å². The lowest BCUT2D eigenvalue weighted by Crippen LogP contribution is -2.35. The van der Waals surface area contributed by atoms with Crippen LogP contribution in [-0.2, 0) is 28.5 Å². The van der Waals surface area contributed by atoms with Crippen molar-refractivity contribution in [3.05, 3.63) is 0 Å². The zero-order valence-corrected chi connectivity index (χ0v) is 37.5. The van der Waals surface area contributed by atoms with Gasteiger partial charge in [-0.1, -0.05) is 0 Å². The molecule has 0 saturated carbocycles. The number of carbonyl (C=O) groups excluding carboxylic acids is 9. The van der Waals surface area contributed by atoms with Gasteiger partial charge in [-0.3, -0.25) is 9.59 Å². The predicted molar refractivity (Wildman–Crippen MR) is 216 cm³/mol. The lowest BCUT2D eigenvalue weighted by Gasteiger charge is -2.11. The third-order valence-electron chi connectivity index (χ3n) is 9.73. The minimum absolute atomic E-state index is 0.0394. The molecule has 60 heavy (non-hydrogen) atoms. The van der Waals surface area contributed by atoms with Crippen LogP contribution in [0.5, 0.6) is 0 Å². The normalized spacial score (nSPS) is 26.2. The molecule has 23 nitrogen and oxygen atoms in total. The van der Waals surface area contributed by atoms with Crippen molar-refractivity contribution in [2.24, 2.45) is 0 Å². The van der Waals surface area contributed by atoms with Gasteiger partial charge in [0.2, 0.25) is 11.8 Å². The van der Waals surface area contributed by atoms with Gasteiger partial charge < -0.3 is 59.0 Å². The molecule has 0 radical (unpaired) electrons. The summed E-state index contributed by atoms with van der Waals surface area (Å²) in [5, 5.41) is 5.46. The largest absolute Gasteiger partial charge is 0.447 e. The van der Waals surface area contributed by atoms with Gasteiger partial charge in [-0.05, 0) is 41.5 Å². The highest BCUT2D eigenvalue weighted by Gasteiger charge is 2.33. The highest BCUT2D eigenvalue weighted by atomic mass is 16.6. The van der Waals surface area contributed by atoms with Crippen molar-refractivity contribution in [3.63, 3.8) is 0 Å². The molecule has 342 valence electrons. The number of hydrogen-bond donors (Lipinski definition) is 2. The van der Waals surface area contributed by atoms with E-state index in [9.17, 15) is 43.2 Å². The average Bonchev–Trinajstić information content (AvgIpc) is 4.04. The van der Waals surface area contributed by atoms with Crippen LogP contribution < -0.4 is 10.6 Å². The maximum Gasteiger partial charge on any atom is 0.416 e. The Kier molecular flexibility index (Phi) is 21.2. The fourth-order valence-electron chi connectivity index (χ4n) is 5.59. The van der Waals surface area contributed by atoms with Gasteiger partial charge in [-0.15, -0.1) is 0 Å². The third-order valence-corrected chi connectivity index (χ3v) is 9.73. The van der Waals surface area contributed by atoms with Crippen LogP contribution in [0.3, 0.4) is 0 Å². The van der Waals surface area contributed by atoms with Crippen molar-refractivity contribution in [2.45, 2.75) is 91.7 Å². The summed E-state index contributed by atoms with van der Waals surface area (Å²) < 4.78 is 18.5. The van der Waals surface area contributed by atoms with Crippen LogP contribution in [0.4, 0.5) is 33.6 Å². The first-order chi connectivity index (χ1) is 27.8. The molecule has 0 aromatic carbocycles. The maximum absolute atomic E-state index is 11.0. The summed E-state index contributed by atoms with van der Waals surface area (Å²) >= 11 is 0. The van der Waals surface area contributed by atoms with E-state index in [1.165, 1.54) is 13.8 Å². The van der Waals surface area contributed by atoms with Crippen LogP contribution >= 0.6 is 0 Å². The van der Waals surface area contributed by atoms with Gasteiger partial charge in [0, 0.05) is 93.9 Å². The Morgan fingerprint density at radius 3 is 1.30 bits per heavy atom. The monoisotopic (exact) mass is 858 g/mol. The molecule has 12 amide bonds. The minimum atomic E-state index is -0.528. The van der Waals surface area contributed by atoms with E-state index in [-0.39, 0.29) is 60.3 Å². The molecule has 0 aliphatic carbocycles. The number of rotatable bonds is 0. The molecule has 0 aromatic heterocycles. The van der Waals surface area contributed by atoms with Gasteiger partial charge in [0.15, 0.2) is 0 Å². The second kappa shape index (κ2) is 24.3. The first kappa shape index (κ1) is 52.2. The molecule has 6 atom stereocenters. The first-order valence-corrected chi connectivity index (χ1v) is 19.5. The summed E-state index contributed by atoms with van der Waals surface area (Å²) in [6, 6.07) is 1.42. The van der Waals surface area contributed by atoms with E-state index in [4.69, 9.17) is 4.74 Å². The fourth-order valence-corrected chi connectivity index (χ4v) is 5.59. The smallest absolute Gasteiger partial charge is 0.416 e. The van der Waals surface area contributed by atoms with Crippen molar-refractivity contribution in [3.8, 4) is 0 Å². The first-order valence-electron chi connectivity index (χ1n) is 19.5. The van der Waals surface area contributed by atoms with E-state index in [1.807, 2.05) is 48.7 Å². The predicted octanol–water partition coefficient (Wildman–Crippen LogP) is 1.70. The molecule has 2 N–H and O–H groups in total. The van der Waals surface area contributed by atoms with Crippen LogP contribution in [0.25, 0.3) is 0 Å². The molecule has 7 aliphatic rings. The Morgan fingerprint density at radius 2 is 1.15 bits per heavy atom. The van der Waals surface area contributed by atoms with Gasteiger partial charge in [0.1, 0.15) is 25.9 Å². The Labute approximate surface area is 352 Å². The molecule has 6 unspecified atom stereocenters. The lowest BCUT2D eigenvalue weighted by atomic mass is 10.3. The number of nitrogens with one attached hydrogen (secondary N) is 2. The zero-order valence-electron chi connectivity index (χ0n) is 37.5. The number of urea groups is 3. The Bertz CT molecular complexity index is 1480. The summed E-state index contributed by atoms with van der Waals surface area (Å²) in [6.45, 7) is 19.1. The van der Waals surface area contributed by atoms with Crippen molar-refractivity contribution in [1.29, 1.82) is 0 Å². The van der Waals surface area contributed by atoms with Crippen molar-refractivity contribution < 1.29 is 62.1 Å². The van der Waals surface area contributed by atoms with Crippen molar-refractivity contribution in [1.82, 2.24) is 49.8 Å². The number of amides is 12. The van der Waals surface area contributed by atoms with Crippen LogP contribution in [0.2, 0.25) is 0 Å². The van der Waals surface area contributed by atoms with Crippen LogP contribution in [0.1, 0.15) is 55.4 Å². The molecule has 23 heteroatoms. The van der Waals surface area contributed by atoms with Crippen molar-refractivity contribution >= 4 is 54.3 Å². The molecule has 0 aromatic rings. The van der Waals surface area contributed by atoms with Crippen LogP contribution in [-0.4, -0.2) is 225 Å². The summed E-state index contributed by atoms with van der Waals surface area (Å²) in [5.74, 6) is -0.507. The average molecular weight is 859 g/mol.